The van der Waals surface area contributed by atoms with Crippen molar-refractivity contribution in [2.24, 2.45) is 0 Å². The summed E-state index contributed by atoms with van der Waals surface area (Å²) in [6, 6.07) is 5.56. The van der Waals surface area contributed by atoms with Gasteiger partial charge in [-0.1, -0.05) is 0 Å². The molecule has 1 N–H and O–H groups in total. The fraction of sp³-hybridized carbons (Fsp3) is 0.467. The van der Waals surface area contributed by atoms with Crippen molar-refractivity contribution in [2.75, 3.05) is 26.1 Å². The van der Waals surface area contributed by atoms with Gasteiger partial charge in [0.15, 0.2) is 0 Å². The number of ether oxygens (including phenoxy) is 2. The largest absolute Gasteiger partial charge is 0.497 e. The van der Waals surface area contributed by atoms with E-state index in [4.69, 9.17) is 9.47 Å². The minimum atomic E-state index is -0.815. The van der Waals surface area contributed by atoms with Gasteiger partial charge in [0.25, 0.3) is 0 Å². The number of hydrogen-bond acceptors (Lipinski definition) is 5. The highest BCUT2D eigenvalue weighted by Gasteiger charge is 2.46. The molecule has 1 heterocycles. The quantitative estimate of drug-likeness (QED) is 0.833. The first-order valence-electron chi connectivity index (χ1n) is 6.54. The summed E-state index contributed by atoms with van der Waals surface area (Å²) in [6.07, 6.45) is 0.773. The van der Waals surface area contributed by atoms with E-state index in [9.17, 15) is 9.59 Å². The molecule has 0 saturated carbocycles. The Balaban J connectivity index is 2.45. The van der Waals surface area contributed by atoms with Crippen LogP contribution in [0.4, 0.5) is 5.69 Å². The van der Waals surface area contributed by atoms with E-state index >= 15 is 0 Å². The Kier molecular flexibility index (Phi) is 3.97. The lowest BCUT2D eigenvalue weighted by Crippen LogP contribution is -2.39. The number of rotatable bonds is 5. The van der Waals surface area contributed by atoms with E-state index in [-0.39, 0.29) is 11.8 Å². The van der Waals surface area contributed by atoms with Crippen molar-refractivity contribution in [3.05, 3.63) is 23.8 Å². The molecule has 1 aliphatic heterocycles. The third-order valence-electron chi connectivity index (χ3n) is 3.80. The van der Waals surface area contributed by atoms with Crippen LogP contribution in [0, 0.1) is 0 Å². The average molecular weight is 277 g/mol. The first kappa shape index (κ1) is 14.4. The molecule has 1 atom stereocenters. The number of fused-ring (bicyclic) bond motifs is 1. The molecule has 0 amide bonds. The standard InChI is InChI=1S/C15H19NO4/c1-10(17)6-7-15(14(18)20-3)9-16-13-5-4-11(19-2)8-12(13)15/h4-5,8,16H,6-7,9H2,1-3H3. The number of ketones is 1. The molecule has 0 aromatic heterocycles. The van der Waals surface area contributed by atoms with Crippen molar-refractivity contribution in [1.82, 2.24) is 0 Å². The maximum atomic E-state index is 12.3. The molecule has 20 heavy (non-hydrogen) atoms. The monoisotopic (exact) mass is 277 g/mol. The minimum Gasteiger partial charge on any atom is -0.497 e. The number of esters is 1. The summed E-state index contributed by atoms with van der Waals surface area (Å²) in [7, 11) is 2.95. The third-order valence-corrected chi connectivity index (χ3v) is 3.80. The van der Waals surface area contributed by atoms with Gasteiger partial charge < -0.3 is 19.6 Å². The van der Waals surface area contributed by atoms with E-state index < -0.39 is 5.41 Å². The summed E-state index contributed by atoms with van der Waals surface area (Å²) in [5.74, 6) is 0.423. The number of nitrogens with one attached hydrogen (secondary N) is 1. The van der Waals surface area contributed by atoms with Gasteiger partial charge in [-0.05, 0) is 37.1 Å². The Morgan fingerprint density at radius 3 is 2.70 bits per heavy atom. The highest BCUT2D eigenvalue weighted by atomic mass is 16.5. The smallest absolute Gasteiger partial charge is 0.318 e. The van der Waals surface area contributed by atoms with Crippen molar-refractivity contribution in [1.29, 1.82) is 0 Å². The zero-order valence-corrected chi connectivity index (χ0v) is 12.0. The van der Waals surface area contributed by atoms with Gasteiger partial charge in [-0.2, -0.15) is 0 Å². The second kappa shape index (κ2) is 5.53. The molecule has 1 aromatic rings. The number of carbonyl (C=O) groups excluding carboxylic acids is 2. The molecule has 0 bridgehead atoms. The van der Waals surface area contributed by atoms with Crippen LogP contribution in [0.2, 0.25) is 0 Å². The summed E-state index contributed by atoms with van der Waals surface area (Å²) in [5.41, 5.74) is 0.911. The maximum absolute atomic E-state index is 12.3. The molecule has 0 fully saturated rings. The Labute approximate surface area is 118 Å². The Morgan fingerprint density at radius 2 is 2.10 bits per heavy atom. The lowest BCUT2D eigenvalue weighted by molar-refractivity contribution is -0.147. The van der Waals surface area contributed by atoms with Gasteiger partial charge in [0.05, 0.1) is 14.2 Å². The molecule has 0 spiro atoms. The fourth-order valence-corrected chi connectivity index (χ4v) is 2.63. The molecular formula is C15H19NO4. The molecule has 5 nitrogen and oxygen atoms in total. The van der Waals surface area contributed by atoms with Gasteiger partial charge >= 0.3 is 5.97 Å². The number of benzene rings is 1. The zero-order valence-electron chi connectivity index (χ0n) is 12.0. The molecule has 2 rings (SSSR count). The predicted molar refractivity (Wildman–Crippen MR) is 75.1 cm³/mol. The van der Waals surface area contributed by atoms with Gasteiger partial charge in [-0.25, -0.2) is 0 Å². The van der Waals surface area contributed by atoms with Crippen LogP contribution in [0.3, 0.4) is 0 Å². The van der Waals surface area contributed by atoms with Crippen molar-refractivity contribution >= 4 is 17.4 Å². The van der Waals surface area contributed by atoms with Crippen LogP contribution in [-0.4, -0.2) is 32.5 Å². The van der Waals surface area contributed by atoms with Crippen LogP contribution in [0.1, 0.15) is 25.3 Å². The maximum Gasteiger partial charge on any atom is 0.318 e. The van der Waals surface area contributed by atoms with Gasteiger partial charge in [0, 0.05) is 18.7 Å². The van der Waals surface area contributed by atoms with E-state index in [2.05, 4.69) is 5.32 Å². The van der Waals surface area contributed by atoms with Crippen LogP contribution in [0.15, 0.2) is 18.2 Å². The third kappa shape index (κ3) is 2.35. The summed E-state index contributed by atoms with van der Waals surface area (Å²) in [4.78, 5) is 23.6. The van der Waals surface area contributed by atoms with Gasteiger partial charge in [0.1, 0.15) is 16.9 Å². The Hall–Kier alpha value is -2.04. The molecule has 108 valence electrons. The van der Waals surface area contributed by atoms with Crippen molar-refractivity contribution in [3.63, 3.8) is 0 Å². The van der Waals surface area contributed by atoms with Crippen LogP contribution in [0.5, 0.6) is 5.75 Å². The minimum absolute atomic E-state index is 0.0598. The normalized spacial score (nSPS) is 19.9. The molecule has 0 aliphatic carbocycles. The Bertz CT molecular complexity index is 541. The average Bonchev–Trinajstić information content (AvgIpc) is 2.83. The molecule has 1 aromatic carbocycles. The van der Waals surface area contributed by atoms with Crippen LogP contribution in [-0.2, 0) is 19.7 Å². The predicted octanol–water partition coefficient (Wildman–Crippen LogP) is 1.90. The van der Waals surface area contributed by atoms with E-state index in [1.54, 1.807) is 7.11 Å². The molecule has 1 unspecified atom stereocenters. The van der Waals surface area contributed by atoms with E-state index in [1.807, 2.05) is 18.2 Å². The highest BCUT2D eigenvalue weighted by Crippen LogP contribution is 2.42. The van der Waals surface area contributed by atoms with Crippen LogP contribution < -0.4 is 10.1 Å². The topological polar surface area (TPSA) is 64.6 Å². The summed E-state index contributed by atoms with van der Waals surface area (Å²) >= 11 is 0. The second-order valence-electron chi connectivity index (χ2n) is 5.04. The van der Waals surface area contributed by atoms with Gasteiger partial charge in [0.2, 0.25) is 0 Å². The van der Waals surface area contributed by atoms with E-state index in [1.165, 1.54) is 14.0 Å². The number of Topliss-reactive ketones (excluding diaryl/α,β-unsaturated/α-hetero) is 1. The number of carbonyl (C=O) groups is 2. The molecule has 5 heteroatoms. The summed E-state index contributed by atoms with van der Waals surface area (Å²) < 4.78 is 10.2. The van der Waals surface area contributed by atoms with Gasteiger partial charge in [-0.3, -0.25) is 4.79 Å². The van der Waals surface area contributed by atoms with Gasteiger partial charge in [-0.15, -0.1) is 0 Å². The fourth-order valence-electron chi connectivity index (χ4n) is 2.63. The molecule has 1 aliphatic rings. The second-order valence-corrected chi connectivity index (χ2v) is 5.04. The lowest BCUT2D eigenvalue weighted by atomic mass is 9.77. The van der Waals surface area contributed by atoms with Crippen molar-refractivity contribution in [3.8, 4) is 5.75 Å². The Morgan fingerprint density at radius 1 is 1.35 bits per heavy atom. The summed E-state index contributed by atoms with van der Waals surface area (Å²) in [5, 5.41) is 3.21. The first-order chi connectivity index (χ1) is 9.53. The lowest BCUT2D eigenvalue weighted by Gasteiger charge is -2.26. The number of anilines is 1. The molecule has 0 radical (unpaired) electrons. The van der Waals surface area contributed by atoms with Crippen molar-refractivity contribution < 1.29 is 19.1 Å². The number of hydrogen-bond donors (Lipinski definition) is 1. The van der Waals surface area contributed by atoms with Crippen molar-refractivity contribution in [2.45, 2.75) is 25.2 Å². The first-order valence-corrected chi connectivity index (χ1v) is 6.54. The summed E-state index contributed by atoms with van der Waals surface area (Å²) in [6.45, 7) is 1.97. The van der Waals surface area contributed by atoms with Crippen LogP contribution in [0.25, 0.3) is 0 Å². The van der Waals surface area contributed by atoms with Crippen LogP contribution >= 0.6 is 0 Å². The number of methoxy groups -OCH3 is 2. The molecular weight excluding hydrogens is 258 g/mol. The highest BCUT2D eigenvalue weighted by molar-refractivity contribution is 5.90. The molecule has 0 saturated heterocycles. The van der Waals surface area contributed by atoms with E-state index in [0.717, 1.165) is 11.3 Å². The SMILES string of the molecule is COC(=O)C1(CCC(C)=O)CNc2ccc(OC)cc21. The van der Waals surface area contributed by atoms with E-state index in [0.29, 0.717) is 25.1 Å². The zero-order chi connectivity index (χ0) is 14.8.